The van der Waals surface area contributed by atoms with E-state index in [-0.39, 0.29) is 11.6 Å². The fraction of sp³-hybridized carbons (Fsp3) is 0.812. The Hall–Kier alpha value is -1.22. The molecule has 0 aromatic rings. The van der Waals surface area contributed by atoms with E-state index in [0.717, 1.165) is 43.9 Å². The predicted octanol–water partition coefficient (Wildman–Crippen LogP) is 8.93. The largest absolute Gasteiger partial charge is 0.390 e. The van der Waals surface area contributed by atoms with Crippen molar-refractivity contribution in [1.82, 2.24) is 0 Å². The van der Waals surface area contributed by atoms with Crippen LogP contribution in [0.5, 0.6) is 0 Å². The molecule has 0 unspecified atom stereocenters. The first-order valence-electron chi connectivity index (χ1n) is 14.6. The maximum absolute atomic E-state index is 13.0. The van der Waals surface area contributed by atoms with Gasteiger partial charge in [-0.25, -0.2) is 0 Å². The summed E-state index contributed by atoms with van der Waals surface area (Å²) in [4.78, 5) is 25.8. The summed E-state index contributed by atoms with van der Waals surface area (Å²) < 4.78 is 0. The molecule has 0 radical (unpaired) electrons. The highest BCUT2D eigenvalue weighted by Gasteiger charge is 2.31. The second kappa shape index (κ2) is 15.8. The SMILES string of the molecule is CCCCC1=C(CC[C@](C)(O)CCC[C@H](C)CCC[C@H](C)CCCC(C)C)C(=O)C(C)=C(C)C1=O. The van der Waals surface area contributed by atoms with Crippen molar-refractivity contribution >= 4 is 11.6 Å². The highest BCUT2D eigenvalue weighted by Crippen LogP contribution is 2.33. The zero-order valence-corrected chi connectivity index (χ0v) is 24.4. The van der Waals surface area contributed by atoms with Crippen LogP contribution in [0.15, 0.2) is 22.3 Å². The molecule has 0 aromatic heterocycles. The number of carbonyl (C=O) groups excluding carboxylic acids is 2. The minimum absolute atomic E-state index is 0.0102. The van der Waals surface area contributed by atoms with Crippen LogP contribution in [0, 0.1) is 17.8 Å². The number of Topliss-reactive ketones (excluding diaryl/α,β-unsaturated/α-hetero) is 2. The molecule has 3 heteroatoms. The first-order chi connectivity index (χ1) is 16.4. The summed E-state index contributed by atoms with van der Waals surface area (Å²) in [7, 11) is 0. The van der Waals surface area contributed by atoms with Gasteiger partial charge in [-0.1, -0.05) is 92.4 Å². The smallest absolute Gasteiger partial charge is 0.185 e. The van der Waals surface area contributed by atoms with Gasteiger partial charge in [0.15, 0.2) is 11.6 Å². The lowest BCUT2D eigenvalue weighted by molar-refractivity contribution is -0.116. The van der Waals surface area contributed by atoms with Crippen molar-refractivity contribution < 1.29 is 14.7 Å². The van der Waals surface area contributed by atoms with Gasteiger partial charge < -0.3 is 5.11 Å². The molecule has 0 fully saturated rings. The Balaban J connectivity index is 2.46. The molecular formula is C32H56O3. The Bertz CT molecular complexity index is 738. The molecule has 0 saturated carbocycles. The van der Waals surface area contributed by atoms with E-state index in [9.17, 15) is 14.7 Å². The van der Waals surface area contributed by atoms with E-state index in [1.54, 1.807) is 13.8 Å². The number of aliphatic hydroxyl groups is 1. The third kappa shape index (κ3) is 11.6. The number of ketones is 2. The molecule has 1 rings (SSSR count). The molecule has 3 nitrogen and oxygen atoms in total. The summed E-state index contributed by atoms with van der Waals surface area (Å²) in [5, 5.41) is 11.0. The molecule has 0 aromatic carbocycles. The molecule has 1 aliphatic carbocycles. The van der Waals surface area contributed by atoms with Gasteiger partial charge in [0.2, 0.25) is 0 Å². The maximum atomic E-state index is 13.0. The number of hydrogen-bond donors (Lipinski definition) is 1. The zero-order chi connectivity index (χ0) is 26.6. The van der Waals surface area contributed by atoms with Crippen LogP contribution in [0.3, 0.4) is 0 Å². The monoisotopic (exact) mass is 488 g/mol. The average Bonchev–Trinajstić information content (AvgIpc) is 2.78. The van der Waals surface area contributed by atoms with Crippen molar-refractivity contribution in [3.05, 3.63) is 22.3 Å². The second-order valence-electron chi connectivity index (χ2n) is 12.3. The van der Waals surface area contributed by atoms with Crippen LogP contribution in [0.1, 0.15) is 145 Å². The Kier molecular flexibility index (Phi) is 14.4. The molecule has 0 bridgehead atoms. The van der Waals surface area contributed by atoms with Crippen molar-refractivity contribution in [2.45, 2.75) is 151 Å². The van der Waals surface area contributed by atoms with Gasteiger partial charge in [-0.05, 0) is 70.6 Å². The first-order valence-corrected chi connectivity index (χ1v) is 14.6. The van der Waals surface area contributed by atoms with E-state index < -0.39 is 5.60 Å². The Morgan fingerprint density at radius 1 is 0.686 bits per heavy atom. The third-order valence-corrected chi connectivity index (χ3v) is 8.13. The van der Waals surface area contributed by atoms with Gasteiger partial charge in [0.25, 0.3) is 0 Å². The summed E-state index contributed by atoms with van der Waals surface area (Å²) in [6.07, 6.45) is 14.4. The summed E-state index contributed by atoms with van der Waals surface area (Å²) in [6, 6.07) is 0. The summed E-state index contributed by atoms with van der Waals surface area (Å²) >= 11 is 0. The second-order valence-corrected chi connectivity index (χ2v) is 12.3. The number of unbranched alkanes of at least 4 members (excludes halogenated alkanes) is 1. The van der Waals surface area contributed by atoms with Gasteiger partial charge >= 0.3 is 0 Å². The molecule has 0 aliphatic heterocycles. The van der Waals surface area contributed by atoms with Crippen LogP contribution in [0.2, 0.25) is 0 Å². The lowest BCUT2D eigenvalue weighted by atomic mass is 9.79. The number of hydrogen-bond acceptors (Lipinski definition) is 3. The zero-order valence-electron chi connectivity index (χ0n) is 24.4. The molecule has 1 aliphatic rings. The van der Waals surface area contributed by atoms with Gasteiger partial charge in [0.1, 0.15) is 0 Å². The normalized spacial score (nSPS) is 18.5. The number of rotatable bonds is 18. The van der Waals surface area contributed by atoms with Crippen molar-refractivity contribution in [3.63, 3.8) is 0 Å². The molecule has 0 heterocycles. The highest BCUT2D eigenvalue weighted by molar-refractivity contribution is 6.24. The van der Waals surface area contributed by atoms with Crippen molar-refractivity contribution in [2.24, 2.45) is 17.8 Å². The van der Waals surface area contributed by atoms with Crippen LogP contribution in [0.4, 0.5) is 0 Å². The quantitative estimate of drug-likeness (QED) is 0.196. The van der Waals surface area contributed by atoms with Crippen LogP contribution in [-0.4, -0.2) is 22.3 Å². The van der Waals surface area contributed by atoms with Gasteiger partial charge in [-0.2, -0.15) is 0 Å². The van der Waals surface area contributed by atoms with Gasteiger partial charge in [-0.15, -0.1) is 0 Å². The van der Waals surface area contributed by atoms with Crippen LogP contribution >= 0.6 is 0 Å². The minimum Gasteiger partial charge on any atom is -0.390 e. The van der Waals surface area contributed by atoms with E-state index >= 15 is 0 Å². The van der Waals surface area contributed by atoms with Gasteiger partial charge in [-0.3, -0.25) is 9.59 Å². The van der Waals surface area contributed by atoms with E-state index in [2.05, 4.69) is 34.6 Å². The lowest BCUT2D eigenvalue weighted by Gasteiger charge is -2.27. The average molecular weight is 489 g/mol. The number of carbonyl (C=O) groups is 2. The van der Waals surface area contributed by atoms with Crippen molar-refractivity contribution in [2.75, 3.05) is 0 Å². The molecule has 35 heavy (non-hydrogen) atoms. The molecule has 0 spiro atoms. The van der Waals surface area contributed by atoms with Gasteiger partial charge in [0.05, 0.1) is 5.60 Å². The fourth-order valence-electron chi connectivity index (χ4n) is 5.28. The van der Waals surface area contributed by atoms with Crippen LogP contribution < -0.4 is 0 Å². The lowest BCUT2D eigenvalue weighted by Crippen LogP contribution is -2.27. The first kappa shape index (κ1) is 31.8. The highest BCUT2D eigenvalue weighted by atomic mass is 16.3. The molecular weight excluding hydrogens is 432 g/mol. The van der Waals surface area contributed by atoms with Crippen molar-refractivity contribution in [1.29, 1.82) is 0 Å². The summed E-state index contributed by atoms with van der Waals surface area (Å²) in [5.74, 6) is 2.37. The Labute approximate surface area is 217 Å². The number of allylic oxidation sites excluding steroid dienone is 4. The van der Waals surface area contributed by atoms with E-state index in [4.69, 9.17) is 0 Å². The van der Waals surface area contributed by atoms with Crippen LogP contribution in [0.25, 0.3) is 0 Å². The van der Waals surface area contributed by atoms with E-state index in [1.165, 1.54) is 38.5 Å². The topological polar surface area (TPSA) is 54.4 Å². The predicted molar refractivity (Wildman–Crippen MR) is 150 cm³/mol. The molecule has 1 N–H and O–H groups in total. The summed E-state index contributed by atoms with van der Waals surface area (Å²) in [6.45, 7) is 16.9. The molecule has 0 amide bonds. The minimum atomic E-state index is -0.805. The Morgan fingerprint density at radius 2 is 1.14 bits per heavy atom. The molecule has 0 saturated heterocycles. The van der Waals surface area contributed by atoms with Crippen molar-refractivity contribution in [3.8, 4) is 0 Å². The third-order valence-electron chi connectivity index (χ3n) is 8.13. The maximum Gasteiger partial charge on any atom is 0.185 e. The molecule has 202 valence electrons. The fourth-order valence-corrected chi connectivity index (χ4v) is 5.28. The standard InChI is InChI=1S/C32H56O3/c1-9-10-19-28-29(31(34)27(7)26(6)30(28)33)20-22-32(8,35)21-13-18-25(5)17-12-16-24(4)15-11-14-23(2)3/h23-25,35H,9-22H2,1-8H3/t24-,25-,32-/m1/s1. The molecule has 3 atom stereocenters. The van der Waals surface area contributed by atoms with E-state index in [1.807, 2.05) is 6.92 Å². The van der Waals surface area contributed by atoms with E-state index in [0.29, 0.717) is 47.5 Å². The van der Waals surface area contributed by atoms with Gasteiger partial charge in [0, 0.05) is 22.3 Å². The van der Waals surface area contributed by atoms with Crippen LogP contribution in [-0.2, 0) is 9.59 Å². The Morgan fingerprint density at radius 3 is 1.63 bits per heavy atom. The summed E-state index contributed by atoms with van der Waals surface area (Å²) in [5.41, 5.74) is 1.72.